The predicted octanol–water partition coefficient (Wildman–Crippen LogP) is 5.17. The maximum Gasteiger partial charge on any atom is 0.407 e. The average molecular weight is 626 g/mol. The van der Waals surface area contributed by atoms with Crippen LogP contribution in [0.5, 0.6) is 0 Å². The number of fused-ring (bicyclic) bond motifs is 5. The lowest BCUT2D eigenvalue weighted by atomic mass is 9.81. The third-order valence-electron chi connectivity index (χ3n) is 9.54. The summed E-state index contributed by atoms with van der Waals surface area (Å²) in [5.41, 5.74) is 2.43. The van der Waals surface area contributed by atoms with E-state index < -0.39 is 23.7 Å². The van der Waals surface area contributed by atoms with Crippen molar-refractivity contribution in [2.24, 2.45) is 0 Å². The Morgan fingerprint density at radius 1 is 1.26 bits per heavy atom. The second-order valence-corrected chi connectivity index (χ2v) is 14.4. The van der Waals surface area contributed by atoms with Gasteiger partial charge >= 0.3 is 12.1 Å². The first-order valence-corrected chi connectivity index (χ1v) is 17.3. The molecular formula is C31H32FN3O6S2. The van der Waals surface area contributed by atoms with E-state index in [0.717, 1.165) is 41.3 Å². The van der Waals surface area contributed by atoms with Crippen LogP contribution in [0.1, 0.15) is 78.5 Å². The molecule has 12 heteroatoms. The molecule has 1 fully saturated rings. The minimum atomic E-state index is -1.95. The Labute approximate surface area is 255 Å². The number of hydrogen-bond acceptors (Lipinski definition) is 9. The van der Waals surface area contributed by atoms with Crippen molar-refractivity contribution in [1.82, 2.24) is 14.9 Å². The van der Waals surface area contributed by atoms with E-state index in [0.29, 0.717) is 35.3 Å². The van der Waals surface area contributed by atoms with Crippen LogP contribution in [0.15, 0.2) is 16.9 Å². The summed E-state index contributed by atoms with van der Waals surface area (Å²) >= 11 is 0. The van der Waals surface area contributed by atoms with E-state index >= 15 is 4.39 Å². The number of aryl methyl sites for hydroxylation is 1. The third kappa shape index (κ3) is 4.31. The first kappa shape index (κ1) is 28.7. The summed E-state index contributed by atoms with van der Waals surface area (Å²) in [6.45, 7) is 3.37. The number of nitrogens with one attached hydrogen (secondary N) is 1. The van der Waals surface area contributed by atoms with E-state index in [-0.39, 0.29) is 53.4 Å². The van der Waals surface area contributed by atoms with E-state index in [9.17, 15) is 19.5 Å². The standard InChI is InChI=1S/C31H32FN3O6S2/c1-4-31(39)18-10-22-27-16(12-35(22)28(36)17(18)13-40-29(31)37)26-20(34-30(38)41-23-6-5-7-24(23)43-42-3)9-8-15-14(2)19(32)11-21(33-27)25(15)26/h10-11,20,23-24,39H,4-9,12-13H2,1-3H3,(H,34,38)/t20-,23-,24-,31-/m0/s1. The Morgan fingerprint density at radius 2 is 2.07 bits per heavy atom. The minimum Gasteiger partial charge on any atom is -0.458 e. The van der Waals surface area contributed by atoms with E-state index in [2.05, 4.69) is 5.32 Å². The van der Waals surface area contributed by atoms with Crippen LogP contribution in [0.3, 0.4) is 0 Å². The molecule has 2 aliphatic carbocycles. The number of halogens is 1. The molecule has 4 heterocycles. The number of amides is 1. The lowest BCUT2D eigenvalue weighted by Crippen LogP contribution is -2.44. The maximum atomic E-state index is 15.1. The van der Waals surface area contributed by atoms with Gasteiger partial charge in [0.2, 0.25) is 0 Å². The van der Waals surface area contributed by atoms with Crippen LogP contribution in [-0.2, 0) is 39.4 Å². The fourth-order valence-electron chi connectivity index (χ4n) is 7.27. The third-order valence-corrected chi connectivity index (χ3v) is 11.8. The summed E-state index contributed by atoms with van der Waals surface area (Å²) in [5.74, 6) is -1.16. The molecule has 1 saturated carbocycles. The number of pyridine rings is 2. The maximum absolute atomic E-state index is 15.1. The first-order chi connectivity index (χ1) is 20.7. The van der Waals surface area contributed by atoms with Gasteiger partial charge in [0.05, 0.1) is 40.3 Å². The lowest BCUT2D eigenvalue weighted by Gasteiger charge is -2.31. The zero-order chi connectivity index (χ0) is 30.2. The van der Waals surface area contributed by atoms with Gasteiger partial charge in [-0.2, -0.15) is 0 Å². The van der Waals surface area contributed by atoms with E-state index in [4.69, 9.17) is 14.5 Å². The Balaban J connectivity index is 1.35. The molecule has 43 heavy (non-hydrogen) atoms. The fraction of sp³-hybridized carbons (Fsp3) is 0.484. The number of ether oxygens (including phenoxy) is 2. The Morgan fingerprint density at radius 3 is 2.84 bits per heavy atom. The summed E-state index contributed by atoms with van der Waals surface area (Å²) in [5, 5.41) is 15.4. The van der Waals surface area contributed by atoms with Gasteiger partial charge < -0.3 is 24.5 Å². The van der Waals surface area contributed by atoms with Gasteiger partial charge in [0, 0.05) is 22.6 Å². The number of carbonyl (C=O) groups is 2. The molecule has 2 aliphatic heterocycles. The molecule has 9 nitrogen and oxygen atoms in total. The second-order valence-electron chi connectivity index (χ2n) is 11.7. The van der Waals surface area contributed by atoms with Crippen LogP contribution in [0.2, 0.25) is 0 Å². The zero-order valence-electron chi connectivity index (χ0n) is 24.1. The largest absolute Gasteiger partial charge is 0.458 e. The number of alkyl carbamates (subject to hydrolysis) is 1. The number of rotatable bonds is 5. The van der Waals surface area contributed by atoms with E-state index in [1.165, 1.54) is 6.07 Å². The number of nitrogens with zero attached hydrogens (tertiary/aromatic N) is 2. The molecule has 0 radical (unpaired) electrons. The fourth-order valence-corrected chi connectivity index (χ4v) is 9.50. The molecule has 7 rings (SSSR count). The van der Waals surface area contributed by atoms with Crippen LogP contribution in [-0.4, -0.2) is 44.3 Å². The van der Waals surface area contributed by atoms with Gasteiger partial charge in [-0.15, -0.1) is 0 Å². The van der Waals surface area contributed by atoms with Crippen LogP contribution in [0.25, 0.3) is 22.3 Å². The van der Waals surface area contributed by atoms with Crippen LogP contribution < -0.4 is 10.9 Å². The number of benzene rings is 1. The molecule has 4 aliphatic rings. The smallest absolute Gasteiger partial charge is 0.407 e. The van der Waals surface area contributed by atoms with Crippen LogP contribution >= 0.6 is 21.6 Å². The van der Waals surface area contributed by atoms with Crippen molar-refractivity contribution >= 4 is 44.6 Å². The Hall–Kier alpha value is -3.09. The molecule has 1 amide bonds. The summed E-state index contributed by atoms with van der Waals surface area (Å²) in [6, 6.07) is 2.61. The minimum absolute atomic E-state index is 0.0320. The van der Waals surface area contributed by atoms with E-state index in [1.54, 1.807) is 46.1 Å². The predicted molar refractivity (Wildman–Crippen MR) is 162 cm³/mol. The first-order valence-electron chi connectivity index (χ1n) is 14.6. The van der Waals surface area contributed by atoms with Crippen molar-refractivity contribution in [3.63, 3.8) is 0 Å². The van der Waals surface area contributed by atoms with Gasteiger partial charge in [0.15, 0.2) is 5.60 Å². The quantitative estimate of drug-likeness (QED) is 0.229. The molecule has 4 atom stereocenters. The molecule has 0 spiro atoms. The normalized spacial score (nSPS) is 25.2. The molecule has 2 N–H and O–H groups in total. The van der Waals surface area contributed by atoms with Gasteiger partial charge in [-0.3, -0.25) is 4.79 Å². The lowest BCUT2D eigenvalue weighted by molar-refractivity contribution is -0.172. The van der Waals surface area contributed by atoms with Crippen molar-refractivity contribution in [2.75, 3.05) is 6.26 Å². The van der Waals surface area contributed by atoms with Crippen LogP contribution in [0.4, 0.5) is 9.18 Å². The van der Waals surface area contributed by atoms with Crippen molar-refractivity contribution in [3.05, 3.63) is 61.7 Å². The number of carbonyl (C=O) groups excluding carboxylic acids is 2. The van der Waals surface area contributed by atoms with Crippen LogP contribution in [0, 0.1) is 12.7 Å². The Kier molecular flexibility index (Phi) is 7.01. The van der Waals surface area contributed by atoms with Gasteiger partial charge in [0.1, 0.15) is 18.5 Å². The number of esters is 1. The highest BCUT2D eigenvalue weighted by Crippen LogP contribution is 2.46. The topological polar surface area (TPSA) is 120 Å². The summed E-state index contributed by atoms with van der Waals surface area (Å²) in [4.78, 5) is 44.5. The zero-order valence-corrected chi connectivity index (χ0v) is 25.8. The number of aliphatic hydroxyl groups is 1. The number of hydrogen-bond donors (Lipinski definition) is 2. The Bertz CT molecular complexity index is 1780. The molecule has 3 aromatic rings. The second kappa shape index (κ2) is 10.5. The highest BCUT2D eigenvalue weighted by Gasteiger charge is 2.46. The van der Waals surface area contributed by atoms with Gasteiger partial charge in [-0.1, -0.05) is 28.5 Å². The molecule has 1 aromatic carbocycles. The van der Waals surface area contributed by atoms with Gasteiger partial charge in [-0.05, 0) is 74.5 Å². The number of aromatic nitrogens is 2. The van der Waals surface area contributed by atoms with Gasteiger partial charge in [0.25, 0.3) is 5.56 Å². The summed E-state index contributed by atoms with van der Waals surface area (Å²) < 4.78 is 27.8. The molecular weight excluding hydrogens is 593 g/mol. The van der Waals surface area contributed by atoms with Crippen molar-refractivity contribution in [2.45, 2.75) is 88.5 Å². The molecule has 2 aromatic heterocycles. The summed E-state index contributed by atoms with van der Waals surface area (Å²) in [7, 11) is 3.41. The monoisotopic (exact) mass is 625 g/mol. The SMILES string of the molecule is CC[C@@]1(O)C(=O)OCc2c1cc1n(c2=O)Cc2c-1nc1cc(F)c(C)c3c1c2[C@@H](NC(=O)O[C@H]1CCC[C@@H]1SSC)CC3. The highest BCUT2D eigenvalue weighted by atomic mass is 33.1. The molecule has 226 valence electrons. The van der Waals surface area contributed by atoms with Crippen molar-refractivity contribution < 1.29 is 28.6 Å². The van der Waals surface area contributed by atoms with Gasteiger partial charge in [-0.25, -0.2) is 19.0 Å². The van der Waals surface area contributed by atoms with E-state index in [1.807, 2.05) is 6.26 Å². The summed E-state index contributed by atoms with van der Waals surface area (Å²) in [6.07, 6.45) is 5.33. The molecule has 0 bridgehead atoms. The van der Waals surface area contributed by atoms with Crippen molar-refractivity contribution in [3.8, 4) is 11.4 Å². The number of cyclic esters (lactones) is 1. The van der Waals surface area contributed by atoms with Crippen molar-refractivity contribution in [1.29, 1.82) is 0 Å². The molecule has 0 unspecified atom stereocenters. The average Bonchev–Trinajstić information content (AvgIpc) is 3.58. The molecule has 0 saturated heterocycles. The highest BCUT2D eigenvalue weighted by molar-refractivity contribution is 8.76.